The fourth-order valence-electron chi connectivity index (χ4n) is 1.78. The van der Waals surface area contributed by atoms with E-state index < -0.39 is 5.97 Å². The molecule has 5 nitrogen and oxygen atoms in total. The van der Waals surface area contributed by atoms with Crippen molar-refractivity contribution in [1.29, 1.82) is 0 Å². The molecule has 0 aliphatic rings. The number of nitrogens with zero attached hydrogens (tertiary/aromatic N) is 2. The van der Waals surface area contributed by atoms with Gasteiger partial charge in [-0.15, -0.1) is 11.3 Å². The third-order valence-corrected chi connectivity index (χ3v) is 3.80. The molecule has 6 heteroatoms. The molecule has 0 saturated carbocycles. The monoisotopic (exact) mass is 280 g/mol. The van der Waals surface area contributed by atoms with Gasteiger partial charge >= 0.3 is 5.97 Å². The lowest BCUT2D eigenvalue weighted by Gasteiger charge is -2.05. The number of aryl methyl sites for hydroxylation is 3. The van der Waals surface area contributed by atoms with Crippen molar-refractivity contribution in [2.75, 3.05) is 0 Å². The van der Waals surface area contributed by atoms with Gasteiger partial charge in [-0.2, -0.15) is 5.10 Å². The predicted octanol–water partition coefficient (Wildman–Crippen LogP) is 2.63. The van der Waals surface area contributed by atoms with E-state index in [-0.39, 0.29) is 4.88 Å². The van der Waals surface area contributed by atoms with Crippen LogP contribution in [0.1, 0.15) is 32.9 Å². The molecule has 0 unspecified atom stereocenters. The van der Waals surface area contributed by atoms with Crippen LogP contribution in [0.3, 0.4) is 0 Å². The van der Waals surface area contributed by atoms with E-state index in [2.05, 4.69) is 5.10 Å². The molecular formula is C13H16N2O3S. The molecule has 19 heavy (non-hydrogen) atoms. The Morgan fingerprint density at radius 1 is 1.53 bits per heavy atom. The van der Waals surface area contributed by atoms with E-state index >= 15 is 0 Å². The lowest BCUT2D eigenvalue weighted by Crippen LogP contribution is -2.04. The number of carboxylic acids is 1. The van der Waals surface area contributed by atoms with E-state index in [9.17, 15) is 4.79 Å². The number of aromatic nitrogens is 2. The summed E-state index contributed by atoms with van der Waals surface area (Å²) in [6, 6.07) is 3.73. The zero-order valence-electron chi connectivity index (χ0n) is 11.1. The predicted molar refractivity (Wildman–Crippen MR) is 72.9 cm³/mol. The Balaban J connectivity index is 2.14. The summed E-state index contributed by atoms with van der Waals surface area (Å²) in [6.45, 7) is 4.22. The third-order valence-electron chi connectivity index (χ3n) is 2.78. The van der Waals surface area contributed by atoms with Crippen molar-refractivity contribution in [3.05, 3.63) is 33.3 Å². The number of ether oxygens (including phenoxy) is 1. The standard InChI is InChI=1S/C13H16N2O3S/c1-4-9-6-10(15(3)14-9)7-18-11-5-8(2)19-12(11)13(16)17/h5-6H,4,7H2,1-3H3,(H,16,17). The molecule has 2 aromatic heterocycles. The summed E-state index contributed by atoms with van der Waals surface area (Å²) in [7, 11) is 1.86. The van der Waals surface area contributed by atoms with Gasteiger partial charge in [0.2, 0.25) is 0 Å². The van der Waals surface area contributed by atoms with Crippen molar-refractivity contribution in [3.8, 4) is 5.75 Å². The topological polar surface area (TPSA) is 64.3 Å². The van der Waals surface area contributed by atoms with Crippen LogP contribution in [-0.4, -0.2) is 20.9 Å². The number of thiophene rings is 1. The summed E-state index contributed by atoms with van der Waals surface area (Å²) in [5, 5.41) is 13.4. The van der Waals surface area contributed by atoms with Crippen LogP contribution in [0, 0.1) is 6.92 Å². The van der Waals surface area contributed by atoms with E-state index in [4.69, 9.17) is 9.84 Å². The van der Waals surface area contributed by atoms with E-state index in [1.165, 1.54) is 11.3 Å². The fourth-order valence-corrected chi connectivity index (χ4v) is 2.57. The molecule has 0 spiro atoms. The second kappa shape index (κ2) is 5.44. The molecule has 2 aromatic rings. The average Bonchev–Trinajstić information content (AvgIpc) is 2.90. The molecule has 0 saturated heterocycles. The second-order valence-electron chi connectivity index (χ2n) is 4.25. The summed E-state index contributed by atoms with van der Waals surface area (Å²) in [5.41, 5.74) is 1.93. The van der Waals surface area contributed by atoms with Crippen molar-refractivity contribution < 1.29 is 14.6 Å². The first-order chi connectivity index (χ1) is 9.01. The first kappa shape index (κ1) is 13.6. The lowest BCUT2D eigenvalue weighted by atomic mass is 10.3. The number of hydrogen-bond donors (Lipinski definition) is 1. The summed E-state index contributed by atoms with van der Waals surface area (Å²) in [4.78, 5) is 12.2. The van der Waals surface area contributed by atoms with Gasteiger partial charge in [0.15, 0.2) is 4.88 Å². The maximum atomic E-state index is 11.1. The third kappa shape index (κ3) is 2.96. The van der Waals surface area contributed by atoms with Crippen LogP contribution in [0.25, 0.3) is 0 Å². The number of carboxylic acid groups (broad SMARTS) is 1. The molecule has 1 N–H and O–H groups in total. The van der Waals surface area contributed by atoms with Gasteiger partial charge in [0.05, 0.1) is 11.4 Å². The Hall–Kier alpha value is -1.82. The van der Waals surface area contributed by atoms with Gasteiger partial charge in [0.1, 0.15) is 12.4 Å². The van der Waals surface area contributed by atoms with Crippen molar-refractivity contribution in [3.63, 3.8) is 0 Å². The molecule has 102 valence electrons. The highest BCUT2D eigenvalue weighted by Crippen LogP contribution is 2.29. The van der Waals surface area contributed by atoms with Gasteiger partial charge in [-0.05, 0) is 25.5 Å². The van der Waals surface area contributed by atoms with Crippen LogP contribution < -0.4 is 4.74 Å². The number of carbonyl (C=O) groups is 1. The zero-order chi connectivity index (χ0) is 14.0. The largest absolute Gasteiger partial charge is 0.486 e. The van der Waals surface area contributed by atoms with Crippen LogP contribution in [0.2, 0.25) is 0 Å². The molecule has 0 aliphatic carbocycles. The molecule has 0 radical (unpaired) electrons. The number of aromatic carboxylic acids is 1. The number of hydrogen-bond acceptors (Lipinski definition) is 4. The highest BCUT2D eigenvalue weighted by molar-refractivity contribution is 7.14. The smallest absolute Gasteiger partial charge is 0.349 e. The number of rotatable bonds is 5. The maximum Gasteiger partial charge on any atom is 0.349 e. The summed E-state index contributed by atoms with van der Waals surface area (Å²) >= 11 is 1.22. The highest BCUT2D eigenvalue weighted by atomic mass is 32.1. The Bertz CT molecular complexity index is 601. The first-order valence-electron chi connectivity index (χ1n) is 5.99. The van der Waals surface area contributed by atoms with Crippen molar-refractivity contribution in [1.82, 2.24) is 9.78 Å². The summed E-state index contributed by atoms with van der Waals surface area (Å²) in [5.74, 6) is -0.526. The quantitative estimate of drug-likeness (QED) is 0.914. The SMILES string of the molecule is CCc1cc(COc2cc(C)sc2C(=O)O)n(C)n1. The van der Waals surface area contributed by atoms with Gasteiger partial charge in [-0.25, -0.2) is 4.79 Å². The van der Waals surface area contributed by atoms with E-state index in [1.807, 2.05) is 27.0 Å². The van der Waals surface area contributed by atoms with Crippen LogP contribution in [0.5, 0.6) is 5.75 Å². The maximum absolute atomic E-state index is 11.1. The second-order valence-corrected chi connectivity index (χ2v) is 5.50. The van der Waals surface area contributed by atoms with Crippen LogP contribution >= 0.6 is 11.3 Å². The molecule has 0 amide bonds. The van der Waals surface area contributed by atoms with E-state index in [1.54, 1.807) is 10.7 Å². The Labute approximate surface area is 115 Å². The highest BCUT2D eigenvalue weighted by Gasteiger charge is 2.16. The minimum absolute atomic E-state index is 0.246. The van der Waals surface area contributed by atoms with Crippen molar-refractivity contribution >= 4 is 17.3 Å². The molecule has 0 aliphatic heterocycles. The van der Waals surface area contributed by atoms with Gasteiger partial charge in [-0.3, -0.25) is 4.68 Å². The van der Waals surface area contributed by atoms with Gasteiger partial charge in [0.25, 0.3) is 0 Å². The molecule has 2 rings (SSSR count). The van der Waals surface area contributed by atoms with Gasteiger partial charge in [-0.1, -0.05) is 6.92 Å². The van der Waals surface area contributed by atoms with Gasteiger partial charge < -0.3 is 9.84 Å². The van der Waals surface area contributed by atoms with Crippen LogP contribution in [-0.2, 0) is 20.1 Å². The molecule has 0 aromatic carbocycles. The molecule has 0 fully saturated rings. The minimum Gasteiger partial charge on any atom is -0.486 e. The molecule has 0 atom stereocenters. The fraction of sp³-hybridized carbons (Fsp3) is 0.385. The zero-order valence-corrected chi connectivity index (χ0v) is 12.0. The van der Waals surface area contributed by atoms with E-state index in [0.29, 0.717) is 12.4 Å². The normalized spacial score (nSPS) is 10.7. The van der Waals surface area contributed by atoms with Gasteiger partial charge in [0, 0.05) is 11.9 Å². The molecule has 2 heterocycles. The summed E-state index contributed by atoms with van der Waals surface area (Å²) < 4.78 is 7.38. The van der Waals surface area contributed by atoms with Crippen LogP contribution in [0.15, 0.2) is 12.1 Å². The Kier molecular flexibility index (Phi) is 3.90. The minimum atomic E-state index is -0.952. The van der Waals surface area contributed by atoms with Crippen LogP contribution in [0.4, 0.5) is 0 Å². The first-order valence-corrected chi connectivity index (χ1v) is 6.81. The Morgan fingerprint density at radius 3 is 2.84 bits per heavy atom. The summed E-state index contributed by atoms with van der Waals surface area (Å²) in [6.07, 6.45) is 0.867. The van der Waals surface area contributed by atoms with E-state index in [0.717, 1.165) is 22.7 Å². The average molecular weight is 280 g/mol. The lowest BCUT2D eigenvalue weighted by molar-refractivity contribution is 0.0697. The van der Waals surface area contributed by atoms with Crippen molar-refractivity contribution in [2.24, 2.45) is 7.05 Å². The molecule has 0 bridgehead atoms. The Morgan fingerprint density at radius 2 is 2.26 bits per heavy atom. The van der Waals surface area contributed by atoms with Crippen molar-refractivity contribution in [2.45, 2.75) is 26.9 Å². The molecular weight excluding hydrogens is 264 g/mol.